The molecule has 3 nitrogen and oxygen atoms in total. The first kappa shape index (κ1) is 11.7. The van der Waals surface area contributed by atoms with Gasteiger partial charge in [-0.25, -0.2) is 9.97 Å². The fourth-order valence-corrected chi connectivity index (χ4v) is 1.97. The Morgan fingerprint density at radius 2 is 2.12 bits per heavy atom. The molecule has 0 atom stereocenters. The average molecular weight is 288 g/mol. The molecule has 0 unspecified atom stereocenters. The van der Waals surface area contributed by atoms with Gasteiger partial charge in [-0.15, -0.1) is 0 Å². The molecule has 2 rings (SSSR count). The maximum Gasteiger partial charge on any atom is 0.143 e. The van der Waals surface area contributed by atoms with Crippen LogP contribution in [0.25, 0.3) is 11.3 Å². The maximum absolute atomic E-state index is 8.68. The summed E-state index contributed by atoms with van der Waals surface area (Å²) in [6.45, 7) is 1.91. The van der Waals surface area contributed by atoms with E-state index in [0.717, 1.165) is 21.4 Å². The van der Waals surface area contributed by atoms with Gasteiger partial charge < -0.3 is 0 Å². The van der Waals surface area contributed by atoms with Gasteiger partial charge in [0.1, 0.15) is 5.82 Å². The zero-order valence-corrected chi connectivity index (χ0v) is 10.9. The van der Waals surface area contributed by atoms with Crippen LogP contribution in [0.4, 0.5) is 0 Å². The third-order valence-corrected chi connectivity index (χ3v) is 2.75. The first-order chi connectivity index (χ1) is 8.19. The zero-order chi connectivity index (χ0) is 12.3. The van der Waals surface area contributed by atoms with E-state index in [1.165, 1.54) is 0 Å². The van der Waals surface area contributed by atoms with Gasteiger partial charge in [0.25, 0.3) is 0 Å². The molecular weight excluding hydrogens is 278 g/mol. The summed E-state index contributed by atoms with van der Waals surface area (Å²) < 4.78 is 1.01. The number of aromatic nitrogens is 2. The van der Waals surface area contributed by atoms with E-state index < -0.39 is 0 Å². The largest absolute Gasteiger partial charge is 0.237 e. The molecule has 0 saturated carbocycles. The highest BCUT2D eigenvalue weighted by atomic mass is 79.9. The molecule has 0 saturated heterocycles. The van der Waals surface area contributed by atoms with Crippen LogP contribution in [-0.2, 0) is 6.42 Å². The second-order valence-corrected chi connectivity index (χ2v) is 4.57. The molecule has 1 aromatic heterocycles. The molecule has 17 heavy (non-hydrogen) atoms. The predicted octanol–water partition coefficient (Wildman–Crippen LogP) is 3.28. The molecule has 0 spiro atoms. The van der Waals surface area contributed by atoms with Crippen LogP contribution in [0.2, 0.25) is 0 Å². The molecule has 1 heterocycles. The van der Waals surface area contributed by atoms with Gasteiger partial charge in [0.15, 0.2) is 0 Å². The Morgan fingerprint density at radius 3 is 2.82 bits per heavy atom. The summed E-state index contributed by atoms with van der Waals surface area (Å²) >= 11 is 3.43. The SMILES string of the molecule is Cc1cc(-c2cccc(Br)c2)nc(CC#N)n1. The van der Waals surface area contributed by atoms with Crippen molar-refractivity contribution in [2.45, 2.75) is 13.3 Å². The molecule has 4 heteroatoms. The summed E-state index contributed by atoms with van der Waals surface area (Å²) in [6.07, 6.45) is 0.239. The summed E-state index contributed by atoms with van der Waals surface area (Å²) in [5.74, 6) is 0.572. The monoisotopic (exact) mass is 287 g/mol. The van der Waals surface area contributed by atoms with Gasteiger partial charge in [-0.2, -0.15) is 5.26 Å². The van der Waals surface area contributed by atoms with Gasteiger partial charge in [0.05, 0.1) is 18.2 Å². The Kier molecular flexibility index (Phi) is 3.50. The van der Waals surface area contributed by atoms with E-state index >= 15 is 0 Å². The summed E-state index contributed by atoms with van der Waals surface area (Å²) in [4.78, 5) is 8.61. The lowest BCUT2D eigenvalue weighted by Crippen LogP contribution is -1.98. The van der Waals surface area contributed by atoms with Crippen LogP contribution < -0.4 is 0 Å². The van der Waals surface area contributed by atoms with E-state index in [0.29, 0.717) is 5.82 Å². The van der Waals surface area contributed by atoms with Gasteiger partial charge in [-0.05, 0) is 25.1 Å². The summed E-state index contributed by atoms with van der Waals surface area (Å²) in [7, 11) is 0. The predicted molar refractivity (Wildman–Crippen MR) is 69.2 cm³/mol. The molecule has 0 aliphatic heterocycles. The lowest BCUT2D eigenvalue weighted by atomic mass is 10.1. The number of hydrogen-bond acceptors (Lipinski definition) is 3. The summed E-state index contributed by atoms with van der Waals surface area (Å²) in [6, 6.07) is 11.9. The van der Waals surface area contributed by atoms with Crippen molar-refractivity contribution in [1.29, 1.82) is 5.26 Å². The van der Waals surface area contributed by atoms with E-state index in [4.69, 9.17) is 5.26 Å². The number of hydrogen-bond donors (Lipinski definition) is 0. The Morgan fingerprint density at radius 1 is 1.29 bits per heavy atom. The fourth-order valence-electron chi connectivity index (χ4n) is 1.58. The van der Waals surface area contributed by atoms with Gasteiger partial charge in [0.2, 0.25) is 0 Å². The molecule has 0 aliphatic rings. The average Bonchev–Trinajstić information content (AvgIpc) is 2.28. The highest BCUT2D eigenvalue weighted by Crippen LogP contribution is 2.21. The normalized spacial score (nSPS) is 9.94. The lowest BCUT2D eigenvalue weighted by Gasteiger charge is -2.04. The smallest absolute Gasteiger partial charge is 0.143 e. The third kappa shape index (κ3) is 2.89. The van der Waals surface area contributed by atoms with Crippen LogP contribution in [0.1, 0.15) is 11.5 Å². The topological polar surface area (TPSA) is 49.6 Å². The standard InChI is InChI=1S/C13H10BrN3/c1-9-7-12(17-13(16-9)5-6-15)10-3-2-4-11(14)8-10/h2-4,7-8H,5H2,1H3. The van der Waals surface area contributed by atoms with Gasteiger partial charge in [0, 0.05) is 15.7 Å². The molecule has 0 fully saturated rings. The van der Waals surface area contributed by atoms with Crippen LogP contribution in [-0.4, -0.2) is 9.97 Å². The Hall–Kier alpha value is -1.73. The number of rotatable bonds is 2. The molecule has 84 valence electrons. The maximum atomic E-state index is 8.68. The van der Waals surface area contributed by atoms with Crippen molar-refractivity contribution in [2.24, 2.45) is 0 Å². The molecule has 0 amide bonds. The minimum Gasteiger partial charge on any atom is -0.237 e. The second kappa shape index (κ2) is 5.07. The first-order valence-electron chi connectivity index (χ1n) is 5.16. The van der Waals surface area contributed by atoms with Crippen molar-refractivity contribution in [3.8, 4) is 17.3 Å². The second-order valence-electron chi connectivity index (χ2n) is 3.66. The molecule has 0 radical (unpaired) electrons. The summed E-state index contributed by atoms with van der Waals surface area (Å²) in [5.41, 5.74) is 2.74. The van der Waals surface area contributed by atoms with Crippen molar-refractivity contribution in [1.82, 2.24) is 9.97 Å². The molecule has 2 aromatic rings. The van der Waals surface area contributed by atoms with E-state index in [-0.39, 0.29) is 6.42 Å². The van der Waals surface area contributed by atoms with Gasteiger partial charge in [-0.3, -0.25) is 0 Å². The number of nitrogens with zero attached hydrogens (tertiary/aromatic N) is 3. The highest BCUT2D eigenvalue weighted by Gasteiger charge is 2.04. The van der Waals surface area contributed by atoms with Gasteiger partial charge in [-0.1, -0.05) is 28.1 Å². The Labute approximate surface area is 108 Å². The minimum atomic E-state index is 0.239. The Balaban J connectivity index is 2.49. The van der Waals surface area contributed by atoms with E-state index in [1.54, 1.807) is 0 Å². The molecule has 1 aromatic carbocycles. The number of nitriles is 1. The van der Waals surface area contributed by atoms with E-state index in [9.17, 15) is 0 Å². The van der Waals surface area contributed by atoms with Crippen LogP contribution in [0.3, 0.4) is 0 Å². The molecular formula is C13H10BrN3. The zero-order valence-electron chi connectivity index (χ0n) is 9.31. The molecule has 0 bridgehead atoms. The fraction of sp³-hybridized carbons (Fsp3) is 0.154. The van der Waals surface area contributed by atoms with Crippen molar-refractivity contribution in [3.63, 3.8) is 0 Å². The van der Waals surface area contributed by atoms with Crippen molar-refractivity contribution >= 4 is 15.9 Å². The minimum absolute atomic E-state index is 0.239. The molecule has 0 aliphatic carbocycles. The number of benzene rings is 1. The van der Waals surface area contributed by atoms with Crippen molar-refractivity contribution in [3.05, 3.63) is 46.3 Å². The quantitative estimate of drug-likeness (QED) is 0.852. The van der Waals surface area contributed by atoms with E-state index in [2.05, 4.69) is 32.0 Å². The van der Waals surface area contributed by atoms with E-state index in [1.807, 2.05) is 37.3 Å². The van der Waals surface area contributed by atoms with Gasteiger partial charge >= 0.3 is 0 Å². The first-order valence-corrected chi connectivity index (χ1v) is 5.96. The van der Waals surface area contributed by atoms with Crippen molar-refractivity contribution < 1.29 is 0 Å². The van der Waals surface area contributed by atoms with Crippen LogP contribution in [0.15, 0.2) is 34.8 Å². The Bertz CT molecular complexity index is 587. The lowest BCUT2D eigenvalue weighted by molar-refractivity contribution is 0.969. The van der Waals surface area contributed by atoms with Crippen LogP contribution in [0, 0.1) is 18.3 Å². The van der Waals surface area contributed by atoms with Crippen LogP contribution >= 0.6 is 15.9 Å². The summed E-state index contributed by atoms with van der Waals surface area (Å²) in [5, 5.41) is 8.68. The third-order valence-electron chi connectivity index (χ3n) is 2.26. The molecule has 0 N–H and O–H groups in total. The highest BCUT2D eigenvalue weighted by molar-refractivity contribution is 9.10. The van der Waals surface area contributed by atoms with Crippen LogP contribution in [0.5, 0.6) is 0 Å². The number of aryl methyl sites for hydroxylation is 1. The van der Waals surface area contributed by atoms with Crippen molar-refractivity contribution in [2.75, 3.05) is 0 Å². The number of halogens is 1.